The maximum Gasteiger partial charge on any atom is 0.330 e. The average molecular weight is 233 g/mol. The zero-order valence-electron chi connectivity index (χ0n) is 10.1. The Labute approximate surface area is 98.1 Å². The SMILES string of the molecule is CNC(C)n1c(=O)[nH]c2cccc(C)c2c1=O. The molecule has 1 aromatic heterocycles. The molecule has 0 radical (unpaired) electrons. The van der Waals surface area contributed by atoms with E-state index in [0.29, 0.717) is 10.9 Å². The molecule has 1 aromatic carbocycles. The van der Waals surface area contributed by atoms with E-state index in [9.17, 15) is 9.59 Å². The number of aromatic amines is 1. The van der Waals surface area contributed by atoms with Crippen LogP contribution < -0.4 is 16.6 Å². The molecule has 0 aliphatic heterocycles. The van der Waals surface area contributed by atoms with Crippen LogP contribution in [0.3, 0.4) is 0 Å². The summed E-state index contributed by atoms with van der Waals surface area (Å²) in [5, 5.41) is 3.45. The first kappa shape index (κ1) is 11.6. The summed E-state index contributed by atoms with van der Waals surface area (Å²) in [4.78, 5) is 26.8. The minimum absolute atomic E-state index is 0.260. The fourth-order valence-electron chi connectivity index (χ4n) is 1.92. The summed E-state index contributed by atoms with van der Waals surface area (Å²) in [5.74, 6) is 0. The monoisotopic (exact) mass is 233 g/mol. The Hall–Kier alpha value is -1.88. The molecule has 1 unspecified atom stereocenters. The Balaban J connectivity index is 2.94. The molecule has 1 atom stereocenters. The van der Waals surface area contributed by atoms with E-state index in [4.69, 9.17) is 0 Å². The van der Waals surface area contributed by atoms with Crippen molar-refractivity contribution in [1.82, 2.24) is 14.9 Å². The highest BCUT2D eigenvalue weighted by Gasteiger charge is 2.12. The van der Waals surface area contributed by atoms with Gasteiger partial charge in [0.05, 0.1) is 17.1 Å². The van der Waals surface area contributed by atoms with Crippen molar-refractivity contribution in [2.45, 2.75) is 20.0 Å². The quantitative estimate of drug-likeness (QED) is 0.803. The predicted octanol–water partition coefficient (Wildman–Crippen LogP) is 0.736. The van der Waals surface area contributed by atoms with Crippen molar-refractivity contribution in [2.24, 2.45) is 0 Å². The number of nitrogens with zero attached hydrogens (tertiary/aromatic N) is 1. The van der Waals surface area contributed by atoms with Gasteiger partial charge in [-0.05, 0) is 32.5 Å². The van der Waals surface area contributed by atoms with Crippen LogP contribution in [0.1, 0.15) is 18.7 Å². The number of aromatic nitrogens is 2. The lowest BCUT2D eigenvalue weighted by molar-refractivity contribution is 0.447. The second kappa shape index (κ2) is 4.18. The number of H-pyrrole nitrogens is 1. The fraction of sp³-hybridized carbons (Fsp3) is 0.333. The van der Waals surface area contributed by atoms with E-state index in [-0.39, 0.29) is 11.7 Å². The highest BCUT2D eigenvalue weighted by atomic mass is 16.2. The van der Waals surface area contributed by atoms with Crippen molar-refractivity contribution in [3.63, 3.8) is 0 Å². The van der Waals surface area contributed by atoms with Gasteiger partial charge in [0.15, 0.2) is 0 Å². The van der Waals surface area contributed by atoms with Crippen molar-refractivity contribution in [2.75, 3.05) is 7.05 Å². The maximum atomic E-state index is 12.3. The van der Waals surface area contributed by atoms with E-state index in [1.807, 2.05) is 19.1 Å². The molecule has 0 bridgehead atoms. The first-order valence-corrected chi connectivity index (χ1v) is 5.47. The van der Waals surface area contributed by atoms with E-state index in [0.717, 1.165) is 5.56 Å². The van der Waals surface area contributed by atoms with Gasteiger partial charge in [-0.25, -0.2) is 9.36 Å². The Kier molecular flexibility index (Phi) is 2.85. The molecule has 5 nitrogen and oxygen atoms in total. The summed E-state index contributed by atoms with van der Waals surface area (Å²) in [5.41, 5.74) is 0.791. The molecular weight excluding hydrogens is 218 g/mol. The molecule has 0 fully saturated rings. The standard InChI is InChI=1S/C12H15N3O2/c1-7-5-4-6-9-10(7)11(16)15(8(2)13-3)12(17)14-9/h4-6,8,13H,1-3H3,(H,14,17). The molecule has 1 heterocycles. The molecule has 17 heavy (non-hydrogen) atoms. The van der Waals surface area contributed by atoms with E-state index in [1.54, 1.807) is 20.0 Å². The topological polar surface area (TPSA) is 66.9 Å². The predicted molar refractivity (Wildman–Crippen MR) is 67.3 cm³/mol. The number of fused-ring (bicyclic) bond motifs is 1. The van der Waals surface area contributed by atoms with Crippen LogP contribution >= 0.6 is 0 Å². The highest BCUT2D eigenvalue weighted by molar-refractivity contribution is 5.80. The lowest BCUT2D eigenvalue weighted by Crippen LogP contribution is -2.41. The van der Waals surface area contributed by atoms with Crippen LogP contribution in [0.5, 0.6) is 0 Å². The van der Waals surface area contributed by atoms with E-state index >= 15 is 0 Å². The van der Waals surface area contributed by atoms with Gasteiger partial charge in [-0.15, -0.1) is 0 Å². The smallest absolute Gasteiger partial charge is 0.307 e. The van der Waals surface area contributed by atoms with Crippen molar-refractivity contribution in [3.05, 3.63) is 44.6 Å². The van der Waals surface area contributed by atoms with E-state index in [1.165, 1.54) is 4.57 Å². The van der Waals surface area contributed by atoms with Gasteiger partial charge in [0, 0.05) is 0 Å². The molecule has 0 aliphatic rings. The minimum Gasteiger partial charge on any atom is -0.307 e. The van der Waals surface area contributed by atoms with Gasteiger partial charge in [-0.2, -0.15) is 0 Å². The van der Waals surface area contributed by atoms with Gasteiger partial charge in [0.1, 0.15) is 0 Å². The van der Waals surface area contributed by atoms with Crippen LogP contribution in [0.15, 0.2) is 27.8 Å². The summed E-state index contributed by atoms with van der Waals surface area (Å²) < 4.78 is 1.19. The van der Waals surface area contributed by atoms with Gasteiger partial charge < -0.3 is 10.3 Å². The summed E-state index contributed by atoms with van der Waals surface area (Å²) in [7, 11) is 1.71. The van der Waals surface area contributed by atoms with Crippen molar-refractivity contribution in [3.8, 4) is 0 Å². The third-order valence-electron chi connectivity index (χ3n) is 2.97. The van der Waals surface area contributed by atoms with Crippen LogP contribution in [-0.4, -0.2) is 16.6 Å². The molecule has 2 N–H and O–H groups in total. The Morgan fingerprint density at radius 2 is 2.06 bits per heavy atom. The van der Waals surface area contributed by atoms with Crippen LogP contribution in [0.25, 0.3) is 10.9 Å². The van der Waals surface area contributed by atoms with Gasteiger partial charge in [0.25, 0.3) is 5.56 Å². The Bertz CT molecular complexity index is 669. The first-order valence-electron chi connectivity index (χ1n) is 5.47. The molecule has 0 saturated carbocycles. The molecule has 2 aromatic rings. The number of hydrogen-bond donors (Lipinski definition) is 2. The maximum absolute atomic E-state index is 12.3. The van der Waals surface area contributed by atoms with Crippen molar-refractivity contribution >= 4 is 10.9 Å². The molecular formula is C12H15N3O2. The molecule has 2 rings (SSSR count). The van der Waals surface area contributed by atoms with Crippen LogP contribution in [0.2, 0.25) is 0 Å². The van der Waals surface area contributed by atoms with Crippen LogP contribution in [0, 0.1) is 6.92 Å². The molecule has 0 amide bonds. The Morgan fingerprint density at radius 3 is 2.71 bits per heavy atom. The van der Waals surface area contributed by atoms with Gasteiger partial charge in [0.2, 0.25) is 0 Å². The van der Waals surface area contributed by atoms with Gasteiger partial charge in [-0.1, -0.05) is 12.1 Å². The first-order chi connectivity index (χ1) is 8.06. The summed E-state index contributed by atoms with van der Waals surface area (Å²) in [6.07, 6.45) is -0.338. The van der Waals surface area contributed by atoms with E-state index < -0.39 is 5.69 Å². The second-order valence-electron chi connectivity index (χ2n) is 4.07. The van der Waals surface area contributed by atoms with Gasteiger partial charge in [-0.3, -0.25) is 4.79 Å². The molecule has 0 spiro atoms. The Morgan fingerprint density at radius 1 is 1.35 bits per heavy atom. The zero-order valence-corrected chi connectivity index (χ0v) is 10.1. The van der Waals surface area contributed by atoms with Gasteiger partial charge >= 0.3 is 5.69 Å². The third kappa shape index (κ3) is 1.78. The zero-order chi connectivity index (χ0) is 12.6. The number of nitrogens with one attached hydrogen (secondary N) is 2. The summed E-state index contributed by atoms with van der Waals surface area (Å²) in [6, 6.07) is 5.41. The van der Waals surface area contributed by atoms with Crippen LogP contribution in [-0.2, 0) is 0 Å². The summed E-state index contributed by atoms with van der Waals surface area (Å²) >= 11 is 0. The molecule has 5 heteroatoms. The number of rotatable bonds is 2. The lowest BCUT2D eigenvalue weighted by atomic mass is 10.1. The largest absolute Gasteiger partial charge is 0.330 e. The molecule has 0 aliphatic carbocycles. The highest BCUT2D eigenvalue weighted by Crippen LogP contribution is 2.10. The number of hydrogen-bond acceptors (Lipinski definition) is 3. The number of aryl methyl sites for hydroxylation is 1. The minimum atomic E-state index is -0.394. The number of benzene rings is 1. The second-order valence-corrected chi connectivity index (χ2v) is 4.07. The average Bonchev–Trinajstić information content (AvgIpc) is 2.28. The van der Waals surface area contributed by atoms with Crippen molar-refractivity contribution in [1.29, 1.82) is 0 Å². The van der Waals surface area contributed by atoms with E-state index in [2.05, 4.69) is 10.3 Å². The third-order valence-corrected chi connectivity index (χ3v) is 2.97. The summed E-state index contributed by atoms with van der Waals surface area (Å²) in [6.45, 7) is 3.62. The fourth-order valence-corrected chi connectivity index (χ4v) is 1.92. The molecule has 0 saturated heterocycles. The van der Waals surface area contributed by atoms with Crippen molar-refractivity contribution < 1.29 is 0 Å². The van der Waals surface area contributed by atoms with Crippen LogP contribution in [0.4, 0.5) is 0 Å². The molecule has 90 valence electrons. The lowest BCUT2D eigenvalue weighted by Gasteiger charge is -2.13. The normalized spacial score (nSPS) is 12.9.